The number of benzene rings is 2. The minimum absolute atomic E-state index is 0.327. The summed E-state index contributed by atoms with van der Waals surface area (Å²) >= 11 is 0. The first-order chi connectivity index (χ1) is 12.5. The van der Waals surface area contributed by atoms with Crippen molar-refractivity contribution in [3.63, 3.8) is 0 Å². The molecular weight excluding hydrogens is 336 g/mol. The van der Waals surface area contributed by atoms with Gasteiger partial charge >= 0.3 is 18.0 Å². The fourth-order valence-electron chi connectivity index (χ4n) is 3.00. The molecule has 1 saturated heterocycles. The van der Waals surface area contributed by atoms with E-state index in [1.54, 1.807) is 36.4 Å². The van der Waals surface area contributed by atoms with E-state index in [0.717, 1.165) is 11.1 Å². The fourth-order valence-corrected chi connectivity index (χ4v) is 3.00. The Labute approximate surface area is 150 Å². The Bertz CT molecular complexity index is 795. The summed E-state index contributed by atoms with van der Waals surface area (Å²) in [5.74, 6) is -0.901. The molecule has 0 bridgehead atoms. The van der Waals surface area contributed by atoms with Gasteiger partial charge in [0.05, 0.1) is 37.4 Å². The van der Waals surface area contributed by atoms with Crippen molar-refractivity contribution in [3.05, 3.63) is 70.8 Å². The van der Waals surface area contributed by atoms with Gasteiger partial charge in [-0.3, -0.25) is 0 Å². The van der Waals surface area contributed by atoms with E-state index < -0.39 is 24.0 Å². The molecule has 2 aromatic carbocycles. The number of hydrogen-bond acceptors (Lipinski definition) is 5. The van der Waals surface area contributed by atoms with Gasteiger partial charge in [0.25, 0.3) is 0 Å². The lowest BCUT2D eigenvalue weighted by molar-refractivity contribution is 0.0591. The summed E-state index contributed by atoms with van der Waals surface area (Å²) in [5.41, 5.74) is 2.29. The average Bonchev–Trinajstić information content (AvgIpc) is 3.08. The van der Waals surface area contributed by atoms with Gasteiger partial charge in [-0.15, -0.1) is 0 Å². The van der Waals surface area contributed by atoms with Gasteiger partial charge in [0.2, 0.25) is 0 Å². The van der Waals surface area contributed by atoms with Gasteiger partial charge in [-0.25, -0.2) is 14.4 Å². The Balaban J connectivity index is 1.96. The summed E-state index contributed by atoms with van der Waals surface area (Å²) < 4.78 is 9.50. The number of carbonyl (C=O) groups excluding carboxylic acids is 3. The largest absolute Gasteiger partial charge is 0.465 e. The maximum atomic E-state index is 12.0. The van der Waals surface area contributed by atoms with Crippen LogP contribution in [0.5, 0.6) is 0 Å². The topological polar surface area (TPSA) is 93.7 Å². The van der Waals surface area contributed by atoms with E-state index in [9.17, 15) is 14.4 Å². The Kier molecular flexibility index (Phi) is 4.88. The van der Waals surface area contributed by atoms with E-state index in [1.807, 2.05) is 12.1 Å². The Morgan fingerprint density at radius 1 is 0.808 bits per heavy atom. The maximum absolute atomic E-state index is 12.0. The predicted octanol–water partition coefficient (Wildman–Crippen LogP) is 2.36. The second-order valence-electron chi connectivity index (χ2n) is 5.81. The number of ether oxygens (including phenoxy) is 2. The first-order valence-electron chi connectivity index (χ1n) is 7.97. The normalized spacial score (nSPS) is 18.6. The molecule has 7 nitrogen and oxygen atoms in total. The third kappa shape index (κ3) is 3.37. The molecule has 26 heavy (non-hydrogen) atoms. The Morgan fingerprint density at radius 2 is 1.23 bits per heavy atom. The van der Waals surface area contributed by atoms with Crippen molar-refractivity contribution in [2.45, 2.75) is 12.1 Å². The van der Waals surface area contributed by atoms with Crippen molar-refractivity contribution in [1.82, 2.24) is 10.6 Å². The summed E-state index contributed by atoms with van der Waals surface area (Å²) in [6.07, 6.45) is 0. The highest BCUT2D eigenvalue weighted by molar-refractivity contribution is 5.90. The van der Waals surface area contributed by atoms with Crippen molar-refractivity contribution >= 4 is 18.0 Å². The molecule has 3 rings (SSSR count). The van der Waals surface area contributed by atoms with Gasteiger partial charge in [-0.1, -0.05) is 24.3 Å². The molecule has 7 heteroatoms. The van der Waals surface area contributed by atoms with E-state index in [0.29, 0.717) is 11.1 Å². The van der Waals surface area contributed by atoms with E-state index in [2.05, 4.69) is 10.6 Å². The SMILES string of the molecule is COC(=O)c1cccc(C2NC(=O)N[C@@H]2c2cccc(C(=O)OC)c2)c1. The molecule has 1 unspecified atom stereocenters. The molecule has 0 aromatic heterocycles. The smallest absolute Gasteiger partial charge is 0.337 e. The highest BCUT2D eigenvalue weighted by atomic mass is 16.5. The van der Waals surface area contributed by atoms with Crippen LogP contribution in [0.4, 0.5) is 4.79 Å². The van der Waals surface area contributed by atoms with Gasteiger partial charge in [0.1, 0.15) is 0 Å². The first kappa shape index (κ1) is 17.5. The van der Waals surface area contributed by atoms with Gasteiger partial charge in [-0.05, 0) is 35.4 Å². The minimum atomic E-state index is -0.451. The van der Waals surface area contributed by atoms with Crippen molar-refractivity contribution < 1.29 is 23.9 Å². The second kappa shape index (κ2) is 7.26. The number of amides is 2. The summed E-state index contributed by atoms with van der Waals surface area (Å²) in [4.78, 5) is 35.5. The van der Waals surface area contributed by atoms with Crippen LogP contribution in [0.25, 0.3) is 0 Å². The van der Waals surface area contributed by atoms with E-state index in [1.165, 1.54) is 14.2 Å². The lowest BCUT2D eigenvalue weighted by Gasteiger charge is -2.20. The number of carbonyl (C=O) groups is 3. The zero-order chi connectivity index (χ0) is 18.7. The molecule has 1 aliphatic heterocycles. The van der Waals surface area contributed by atoms with E-state index in [4.69, 9.17) is 9.47 Å². The van der Waals surface area contributed by atoms with E-state index >= 15 is 0 Å². The van der Waals surface area contributed by atoms with Crippen LogP contribution < -0.4 is 10.6 Å². The van der Waals surface area contributed by atoms with Gasteiger partial charge in [0.15, 0.2) is 0 Å². The number of esters is 2. The number of urea groups is 1. The molecule has 1 heterocycles. The third-order valence-corrected chi connectivity index (χ3v) is 4.24. The molecule has 0 radical (unpaired) electrons. The third-order valence-electron chi connectivity index (χ3n) is 4.24. The molecule has 0 aliphatic carbocycles. The van der Waals surface area contributed by atoms with Crippen LogP contribution in [0.3, 0.4) is 0 Å². The Hall–Kier alpha value is -3.35. The number of hydrogen-bond donors (Lipinski definition) is 2. The molecule has 134 valence electrons. The minimum Gasteiger partial charge on any atom is -0.465 e. The first-order valence-corrected chi connectivity index (χ1v) is 7.97. The van der Waals surface area contributed by atoms with Gasteiger partial charge in [-0.2, -0.15) is 0 Å². The van der Waals surface area contributed by atoms with Crippen LogP contribution in [-0.4, -0.2) is 32.2 Å². The van der Waals surface area contributed by atoms with Crippen LogP contribution in [-0.2, 0) is 9.47 Å². The zero-order valence-electron chi connectivity index (χ0n) is 14.3. The zero-order valence-corrected chi connectivity index (χ0v) is 14.3. The molecule has 2 aromatic rings. The van der Waals surface area contributed by atoms with Crippen LogP contribution >= 0.6 is 0 Å². The number of nitrogens with one attached hydrogen (secondary N) is 2. The molecule has 2 atom stereocenters. The van der Waals surface area contributed by atoms with Crippen molar-refractivity contribution in [2.24, 2.45) is 0 Å². The lowest BCUT2D eigenvalue weighted by atomic mass is 9.93. The average molecular weight is 354 g/mol. The van der Waals surface area contributed by atoms with Crippen molar-refractivity contribution in [3.8, 4) is 0 Å². The van der Waals surface area contributed by atoms with Crippen LogP contribution in [0.2, 0.25) is 0 Å². The van der Waals surface area contributed by atoms with Crippen LogP contribution in [0.15, 0.2) is 48.5 Å². The molecular formula is C19H18N2O5. The van der Waals surface area contributed by atoms with E-state index in [-0.39, 0.29) is 6.03 Å². The molecule has 2 N–H and O–H groups in total. The highest BCUT2D eigenvalue weighted by Crippen LogP contribution is 2.33. The predicted molar refractivity (Wildman–Crippen MR) is 92.7 cm³/mol. The number of methoxy groups -OCH3 is 2. The monoisotopic (exact) mass is 354 g/mol. The summed E-state index contributed by atoms with van der Waals surface area (Å²) in [6, 6.07) is 12.6. The second-order valence-corrected chi connectivity index (χ2v) is 5.81. The van der Waals surface area contributed by atoms with Crippen LogP contribution in [0, 0.1) is 0 Å². The van der Waals surface area contributed by atoms with Gasteiger partial charge in [0, 0.05) is 0 Å². The van der Waals surface area contributed by atoms with Crippen LogP contribution in [0.1, 0.15) is 43.9 Å². The molecule has 0 saturated carbocycles. The number of rotatable bonds is 4. The summed E-state index contributed by atoms with van der Waals surface area (Å²) in [7, 11) is 2.63. The van der Waals surface area contributed by atoms with Gasteiger partial charge < -0.3 is 20.1 Å². The summed E-state index contributed by atoms with van der Waals surface area (Å²) in [5, 5.41) is 5.69. The lowest BCUT2D eigenvalue weighted by Crippen LogP contribution is -2.22. The molecule has 1 aliphatic rings. The highest BCUT2D eigenvalue weighted by Gasteiger charge is 2.34. The molecule has 1 fully saturated rings. The standard InChI is InChI=1S/C19H18N2O5/c1-25-17(22)13-7-3-5-11(9-13)15-16(21-19(24)20-15)12-6-4-8-14(10-12)18(23)26-2/h3-10,15-16H,1-2H3,(H2,20,21,24)/t15-,16?/m1/s1. The van der Waals surface area contributed by atoms with Crippen molar-refractivity contribution in [1.29, 1.82) is 0 Å². The maximum Gasteiger partial charge on any atom is 0.337 e. The Morgan fingerprint density at radius 3 is 1.62 bits per heavy atom. The fraction of sp³-hybridized carbons (Fsp3) is 0.211. The molecule has 0 spiro atoms. The molecule has 2 amide bonds. The summed E-state index contributed by atoms with van der Waals surface area (Å²) in [6.45, 7) is 0. The van der Waals surface area contributed by atoms with Crippen molar-refractivity contribution in [2.75, 3.05) is 14.2 Å². The quantitative estimate of drug-likeness (QED) is 0.822.